The van der Waals surface area contributed by atoms with Crippen LogP contribution >= 0.6 is 23.4 Å². The lowest BCUT2D eigenvalue weighted by molar-refractivity contribution is -0.113. The monoisotopic (exact) mass is 404 g/mol. The average molecular weight is 405 g/mol. The summed E-state index contributed by atoms with van der Waals surface area (Å²) in [6.45, 7) is 2.05. The summed E-state index contributed by atoms with van der Waals surface area (Å²) < 4.78 is 18.7. The molecule has 4 nitrogen and oxygen atoms in total. The lowest BCUT2D eigenvalue weighted by Gasteiger charge is -2.18. The van der Waals surface area contributed by atoms with E-state index in [9.17, 15) is 9.18 Å². The highest BCUT2D eigenvalue weighted by atomic mass is 35.5. The lowest BCUT2D eigenvalue weighted by atomic mass is 10.2. The Morgan fingerprint density at radius 1 is 1.26 bits per heavy atom. The largest absolute Gasteiger partial charge is 0.497 e. The second-order valence-electron chi connectivity index (χ2n) is 5.78. The van der Waals surface area contributed by atoms with Crippen molar-refractivity contribution >= 4 is 46.2 Å². The maximum Gasteiger partial charge on any atom is 0.283 e. The van der Waals surface area contributed by atoms with Crippen LogP contribution in [0.3, 0.4) is 0 Å². The maximum absolute atomic E-state index is 13.5. The fourth-order valence-electron chi connectivity index (χ4n) is 2.50. The molecule has 1 aliphatic heterocycles. The fourth-order valence-corrected chi connectivity index (χ4v) is 3.54. The average Bonchev–Trinajstić information content (AvgIpc) is 2.98. The molecule has 0 saturated heterocycles. The highest BCUT2D eigenvalue weighted by molar-refractivity contribution is 8.14. The number of methoxy groups -OCH3 is 1. The van der Waals surface area contributed by atoms with Crippen molar-refractivity contribution in [3.8, 4) is 5.75 Å². The van der Waals surface area contributed by atoms with Gasteiger partial charge >= 0.3 is 0 Å². The first-order valence-corrected chi connectivity index (χ1v) is 9.76. The van der Waals surface area contributed by atoms with Crippen molar-refractivity contribution in [3.05, 3.63) is 64.6 Å². The van der Waals surface area contributed by atoms with Crippen LogP contribution in [0.15, 0.2) is 53.2 Å². The van der Waals surface area contributed by atoms with E-state index in [-0.39, 0.29) is 10.9 Å². The van der Waals surface area contributed by atoms with Gasteiger partial charge in [-0.1, -0.05) is 42.4 Å². The third kappa shape index (κ3) is 4.34. The van der Waals surface area contributed by atoms with Crippen molar-refractivity contribution in [2.24, 2.45) is 4.99 Å². The molecule has 0 fully saturated rings. The Balaban J connectivity index is 1.96. The molecule has 1 amide bonds. The van der Waals surface area contributed by atoms with E-state index in [2.05, 4.69) is 11.9 Å². The van der Waals surface area contributed by atoms with Gasteiger partial charge in [-0.25, -0.2) is 9.38 Å². The van der Waals surface area contributed by atoms with Gasteiger partial charge in [0.05, 0.1) is 17.8 Å². The Labute approximate surface area is 166 Å². The van der Waals surface area contributed by atoms with Gasteiger partial charge in [0.1, 0.15) is 17.3 Å². The molecular formula is C20H18ClFN2O2S. The van der Waals surface area contributed by atoms with E-state index < -0.39 is 5.82 Å². The van der Waals surface area contributed by atoms with E-state index in [1.54, 1.807) is 13.2 Å². The molecule has 0 aromatic heterocycles. The van der Waals surface area contributed by atoms with Crippen LogP contribution in [0.2, 0.25) is 5.02 Å². The van der Waals surface area contributed by atoms with Crippen LogP contribution in [0.25, 0.3) is 6.08 Å². The van der Waals surface area contributed by atoms with Gasteiger partial charge in [0.2, 0.25) is 0 Å². The minimum absolute atomic E-state index is 0.0345. The van der Waals surface area contributed by atoms with E-state index in [1.165, 1.54) is 34.9 Å². The molecule has 0 aliphatic carbocycles. The second kappa shape index (κ2) is 8.59. The van der Waals surface area contributed by atoms with E-state index in [0.29, 0.717) is 16.6 Å². The minimum Gasteiger partial charge on any atom is -0.497 e. The molecule has 1 aliphatic rings. The summed E-state index contributed by atoms with van der Waals surface area (Å²) in [5.41, 5.74) is 1.65. The molecular weight excluding hydrogens is 387 g/mol. The van der Waals surface area contributed by atoms with Crippen molar-refractivity contribution in [1.82, 2.24) is 0 Å². The zero-order chi connectivity index (χ0) is 19.4. The summed E-state index contributed by atoms with van der Waals surface area (Å²) in [6, 6.07) is 11.6. The standard InChI is InChI=1S/C20H18ClFN2O2S/c1-3-10-27-20-23-18(11-13-4-7-15(26-2)8-5-13)19(25)24(20)14-6-9-17(22)16(21)12-14/h4-9,11-12H,3,10H2,1-2H3/b18-11+. The summed E-state index contributed by atoms with van der Waals surface area (Å²) in [5, 5.41) is 0.525. The predicted molar refractivity (Wildman–Crippen MR) is 110 cm³/mol. The number of amides is 1. The number of hydrogen-bond donors (Lipinski definition) is 0. The van der Waals surface area contributed by atoms with Gasteiger partial charge in [0.15, 0.2) is 5.17 Å². The van der Waals surface area contributed by atoms with Crippen LogP contribution < -0.4 is 9.64 Å². The molecule has 2 aromatic carbocycles. The van der Waals surface area contributed by atoms with Crippen molar-refractivity contribution in [2.75, 3.05) is 17.8 Å². The van der Waals surface area contributed by atoms with Gasteiger partial charge in [-0.15, -0.1) is 0 Å². The number of benzene rings is 2. The van der Waals surface area contributed by atoms with Gasteiger partial charge in [-0.3, -0.25) is 9.69 Å². The molecule has 7 heteroatoms. The van der Waals surface area contributed by atoms with Gasteiger partial charge in [-0.05, 0) is 48.4 Å². The summed E-state index contributed by atoms with van der Waals surface area (Å²) in [6.07, 6.45) is 2.66. The molecule has 0 atom stereocenters. The SMILES string of the molecule is CCCSC1=N/C(=C/c2ccc(OC)cc2)C(=O)N1c1ccc(F)c(Cl)c1. The van der Waals surface area contributed by atoms with Crippen molar-refractivity contribution in [3.63, 3.8) is 0 Å². The van der Waals surface area contributed by atoms with Crippen LogP contribution in [-0.4, -0.2) is 23.9 Å². The molecule has 0 saturated carbocycles. The number of carbonyl (C=O) groups is 1. The van der Waals surface area contributed by atoms with Crippen molar-refractivity contribution in [2.45, 2.75) is 13.3 Å². The number of anilines is 1. The Hall–Kier alpha value is -2.31. The first kappa shape index (κ1) is 19.5. The van der Waals surface area contributed by atoms with Crippen LogP contribution in [0.5, 0.6) is 5.75 Å². The number of rotatable bonds is 5. The number of halogens is 2. The van der Waals surface area contributed by atoms with E-state index in [4.69, 9.17) is 16.3 Å². The number of hydrogen-bond acceptors (Lipinski definition) is 4. The first-order valence-electron chi connectivity index (χ1n) is 8.40. The van der Waals surface area contributed by atoms with Crippen LogP contribution in [0.1, 0.15) is 18.9 Å². The highest BCUT2D eigenvalue weighted by Gasteiger charge is 2.32. The molecule has 27 heavy (non-hydrogen) atoms. The Morgan fingerprint density at radius 2 is 2.00 bits per heavy atom. The minimum atomic E-state index is -0.527. The Morgan fingerprint density at radius 3 is 2.63 bits per heavy atom. The van der Waals surface area contributed by atoms with E-state index in [1.807, 2.05) is 24.3 Å². The fraction of sp³-hybridized carbons (Fsp3) is 0.200. The summed E-state index contributed by atoms with van der Waals surface area (Å²) >= 11 is 7.38. The molecule has 1 heterocycles. The number of aliphatic imine (C=N–C) groups is 1. The molecule has 0 N–H and O–H groups in total. The molecule has 140 valence electrons. The third-order valence-corrected chi connectivity index (χ3v) is 5.28. The number of nitrogens with zero attached hydrogens (tertiary/aromatic N) is 2. The molecule has 2 aromatic rings. The highest BCUT2D eigenvalue weighted by Crippen LogP contribution is 2.32. The van der Waals surface area contributed by atoms with Crippen molar-refractivity contribution < 1.29 is 13.9 Å². The van der Waals surface area contributed by atoms with Crippen LogP contribution in [0, 0.1) is 5.82 Å². The normalized spacial score (nSPS) is 15.4. The van der Waals surface area contributed by atoms with Crippen molar-refractivity contribution in [1.29, 1.82) is 0 Å². The zero-order valence-corrected chi connectivity index (χ0v) is 16.5. The third-order valence-electron chi connectivity index (χ3n) is 3.85. The van der Waals surface area contributed by atoms with E-state index in [0.717, 1.165) is 23.5 Å². The summed E-state index contributed by atoms with van der Waals surface area (Å²) in [5.74, 6) is 0.751. The molecule has 0 spiro atoms. The number of ether oxygens (including phenoxy) is 1. The topological polar surface area (TPSA) is 41.9 Å². The van der Waals surface area contributed by atoms with Gasteiger partial charge < -0.3 is 4.74 Å². The van der Waals surface area contributed by atoms with Crippen LogP contribution in [-0.2, 0) is 4.79 Å². The zero-order valence-electron chi connectivity index (χ0n) is 14.9. The smallest absolute Gasteiger partial charge is 0.283 e. The summed E-state index contributed by atoms with van der Waals surface area (Å²) in [4.78, 5) is 18.9. The number of carbonyl (C=O) groups excluding carboxylic acids is 1. The number of thioether (sulfide) groups is 1. The second-order valence-corrected chi connectivity index (χ2v) is 7.25. The van der Waals surface area contributed by atoms with E-state index >= 15 is 0 Å². The Bertz CT molecular complexity index is 913. The number of amidine groups is 1. The quantitative estimate of drug-likeness (QED) is 0.628. The molecule has 0 bridgehead atoms. The molecule has 3 rings (SSSR count). The van der Waals surface area contributed by atoms with Gasteiger partial charge in [-0.2, -0.15) is 0 Å². The maximum atomic E-state index is 13.5. The van der Waals surface area contributed by atoms with Crippen LogP contribution in [0.4, 0.5) is 10.1 Å². The predicted octanol–water partition coefficient (Wildman–Crippen LogP) is 5.37. The molecule has 0 radical (unpaired) electrons. The lowest BCUT2D eigenvalue weighted by Crippen LogP contribution is -2.30. The molecule has 0 unspecified atom stereocenters. The Kier molecular flexibility index (Phi) is 6.19. The summed E-state index contributed by atoms with van der Waals surface area (Å²) in [7, 11) is 1.60. The first-order chi connectivity index (χ1) is 13.0. The van der Waals surface area contributed by atoms with Gasteiger partial charge in [0, 0.05) is 5.75 Å². The van der Waals surface area contributed by atoms with Gasteiger partial charge in [0.25, 0.3) is 5.91 Å².